The molecule has 0 atom stereocenters. The van der Waals surface area contributed by atoms with E-state index in [0.717, 1.165) is 10.2 Å². The van der Waals surface area contributed by atoms with Gasteiger partial charge in [0.25, 0.3) is 5.91 Å². The van der Waals surface area contributed by atoms with Crippen molar-refractivity contribution in [2.24, 2.45) is 0 Å². The molecule has 2 rings (SSSR count). The Bertz CT molecular complexity index is 521. The van der Waals surface area contributed by atoms with E-state index in [1.807, 2.05) is 12.1 Å². The maximum atomic E-state index is 11.6. The molecule has 6 heteroatoms. The van der Waals surface area contributed by atoms with E-state index in [1.54, 1.807) is 24.3 Å². The second kappa shape index (κ2) is 5.46. The van der Waals surface area contributed by atoms with Gasteiger partial charge in [0.1, 0.15) is 0 Å². The van der Waals surface area contributed by atoms with Crippen molar-refractivity contribution < 1.29 is 9.32 Å². The van der Waals surface area contributed by atoms with Crippen molar-refractivity contribution in [3.8, 4) is 0 Å². The van der Waals surface area contributed by atoms with Crippen LogP contribution in [0.5, 0.6) is 0 Å². The predicted molar refractivity (Wildman–Crippen MR) is 69.3 cm³/mol. The zero-order chi connectivity index (χ0) is 12.3. The van der Waals surface area contributed by atoms with Crippen molar-refractivity contribution in [3.63, 3.8) is 0 Å². The molecule has 90 valence electrons. The van der Waals surface area contributed by atoms with Gasteiger partial charge in [-0.25, -0.2) is 0 Å². The number of carbonyl (C=O) groups is 1. The Kier molecular flexibility index (Phi) is 3.96. The lowest BCUT2D eigenvalue weighted by Gasteiger charge is -2.00. The third-order valence-electron chi connectivity index (χ3n) is 2.14. The van der Waals surface area contributed by atoms with Gasteiger partial charge in [-0.1, -0.05) is 5.16 Å². The summed E-state index contributed by atoms with van der Waals surface area (Å²) in [6.45, 7) is 2.37. The largest absolute Gasteiger partial charge is 0.351 e. The van der Waals surface area contributed by atoms with Gasteiger partial charge < -0.3 is 9.84 Å². The summed E-state index contributed by atoms with van der Waals surface area (Å²) in [7, 11) is 0. The molecule has 2 aromatic rings. The van der Waals surface area contributed by atoms with Crippen molar-refractivity contribution in [1.29, 1.82) is 0 Å². The average Bonchev–Trinajstić information content (AvgIpc) is 2.88. The Balaban J connectivity index is 1.81. The van der Waals surface area contributed by atoms with Gasteiger partial charge in [-0.05, 0) is 41.4 Å². The van der Waals surface area contributed by atoms with Crippen LogP contribution in [0.25, 0.3) is 0 Å². The summed E-state index contributed by atoms with van der Waals surface area (Å²) >= 11 is 5.07. The number of nitrogens with zero attached hydrogens (tertiary/aromatic N) is 1. The molecule has 1 N–H and O–H groups in total. The van der Waals surface area contributed by atoms with Gasteiger partial charge in [0.15, 0.2) is 0 Å². The Labute approximate surface area is 111 Å². The summed E-state index contributed by atoms with van der Waals surface area (Å²) in [6, 6.07) is 5.66. The second-order valence-electron chi connectivity index (χ2n) is 3.54. The van der Waals surface area contributed by atoms with E-state index in [2.05, 4.69) is 26.4 Å². The zero-order valence-corrected chi connectivity index (χ0v) is 11.6. The van der Waals surface area contributed by atoms with Crippen LogP contribution in [0.2, 0.25) is 0 Å². The number of thiophene rings is 1. The summed E-state index contributed by atoms with van der Waals surface area (Å²) in [4.78, 5) is 12.8. The van der Waals surface area contributed by atoms with Crippen LogP contribution < -0.4 is 5.32 Å². The monoisotopic (exact) mass is 314 g/mol. The number of halogens is 1. The summed E-state index contributed by atoms with van der Waals surface area (Å²) in [6.07, 6.45) is 0.815. The number of rotatable bonds is 4. The Hall–Kier alpha value is -1.14. The first kappa shape index (κ1) is 12.3. The fourth-order valence-corrected chi connectivity index (χ4v) is 2.83. The van der Waals surface area contributed by atoms with E-state index in [1.165, 1.54) is 4.88 Å². The van der Waals surface area contributed by atoms with E-state index < -0.39 is 0 Å². The molecule has 0 saturated heterocycles. The summed E-state index contributed by atoms with van der Waals surface area (Å²) in [5.41, 5.74) is 0.706. The molecule has 0 aromatic carbocycles. The number of hydrogen-bond acceptors (Lipinski definition) is 4. The SMILES string of the molecule is Cc1cc(C(=O)NCCc2ccc(Br)s2)on1. The minimum atomic E-state index is -0.221. The van der Waals surface area contributed by atoms with Gasteiger partial charge in [-0.15, -0.1) is 11.3 Å². The van der Waals surface area contributed by atoms with Crippen LogP contribution >= 0.6 is 27.3 Å². The molecule has 4 nitrogen and oxygen atoms in total. The van der Waals surface area contributed by atoms with Crippen LogP contribution in [0.1, 0.15) is 21.1 Å². The number of hydrogen-bond donors (Lipinski definition) is 1. The lowest BCUT2D eigenvalue weighted by molar-refractivity contribution is 0.0917. The summed E-state index contributed by atoms with van der Waals surface area (Å²) < 4.78 is 5.97. The molecule has 0 radical (unpaired) electrons. The van der Waals surface area contributed by atoms with Crippen LogP contribution in [0, 0.1) is 6.92 Å². The third-order valence-corrected chi connectivity index (χ3v) is 3.82. The number of aryl methyl sites for hydroxylation is 1. The molecule has 0 unspecified atom stereocenters. The molecule has 0 bridgehead atoms. The Morgan fingerprint density at radius 3 is 3.00 bits per heavy atom. The number of amides is 1. The lowest BCUT2D eigenvalue weighted by atomic mass is 10.3. The van der Waals surface area contributed by atoms with Crippen LogP contribution in [0.15, 0.2) is 26.5 Å². The number of aromatic nitrogens is 1. The van der Waals surface area contributed by atoms with Gasteiger partial charge in [-0.2, -0.15) is 0 Å². The van der Waals surface area contributed by atoms with Crippen molar-refractivity contribution in [2.45, 2.75) is 13.3 Å². The number of nitrogens with one attached hydrogen (secondary N) is 1. The topological polar surface area (TPSA) is 55.1 Å². The fourth-order valence-electron chi connectivity index (χ4n) is 1.34. The molecular weight excluding hydrogens is 304 g/mol. The van der Waals surface area contributed by atoms with Gasteiger partial charge in [-0.3, -0.25) is 4.79 Å². The van der Waals surface area contributed by atoms with Crippen LogP contribution in [0.4, 0.5) is 0 Å². The zero-order valence-electron chi connectivity index (χ0n) is 9.20. The van der Waals surface area contributed by atoms with Gasteiger partial charge >= 0.3 is 0 Å². The number of carbonyl (C=O) groups excluding carboxylic acids is 1. The van der Waals surface area contributed by atoms with Crippen LogP contribution in [-0.4, -0.2) is 17.6 Å². The molecule has 0 aliphatic carbocycles. The van der Waals surface area contributed by atoms with Crippen molar-refractivity contribution in [1.82, 2.24) is 10.5 Å². The highest BCUT2D eigenvalue weighted by atomic mass is 79.9. The van der Waals surface area contributed by atoms with E-state index in [-0.39, 0.29) is 11.7 Å². The molecule has 2 heterocycles. The highest BCUT2D eigenvalue weighted by Crippen LogP contribution is 2.22. The van der Waals surface area contributed by atoms with Gasteiger partial charge in [0.05, 0.1) is 9.48 Å². The maximum Gasteiger partial charge on any atom is 0.289 e. The minimum Gasteiger partial charge on any atom is -0.351 e. The first-order valence-corrected chi connectivity index (χ1v) is 6.72. The average molecular weight is 315 g/mol. The Morgan fingerprint density at radius 2 is 2.41 bits per heavy atom. The van der Waals surface area contributed by atoms with Gasteiger partial charge in [0, 0.05) is 17.5 Å². The maximum absolute atomic E-state index is 11.6. The van der Waals surface area contributed by atoms with Crippen molar-refractivity contribution in [3.05, 3.63) is 38.3 Å². The highest BCUT2D eigenvalue weighted by molar-refractivity contribution is 9.11. The van der Waals surface area contributed by atoms with Crippen molar-refractivity contribution >= 4 is 33.2 Å². The van der Waals surface area contributed by atoms with E-state index in [9.17, 15) is 4.79 Å². The molecule has 0 saturated carbocycles. The fraction of sp³-hybridized carbons (Fsp3) is 0.273. The molecule has 0 fully saturated rings. The van der Waals surface area contributed by atoms with Crippen LogP contribution in [-0.2, 0) is 6.42 Å². The predicted octanol–water partition coefficient (Wildman–Crippen LogP) is 2.78. The first-order valence-electron chi connectivity index (χ1n) is 5.11. The second-order valence-corrected chi connectivity index (χ2v) is 6.09. The molecule has 2 aromatic heterocycles. The summed E-state index contributed by atoms with van der Waals surface area (Å²) in [5.74, 6) is 0.0380. The lowest BCUT2D eigenvalue weighted by Crippen LogP contribution is -2.25. The van der Waals surface area contributed by atoms with Crippen molar-refractivity contribution in [2.75, 3.05) is 6.54 Å². The standard InChI is InChI=1S/C11H11BrN2O2S/c1-7-6-9(16-14-7)11(15)13-5-4-8-2-3-10(12)17-8/h2-3,6H,4-5H2,1H3,(H,13,15). The summed E-state index contributed by atoms with van der Waals surface area (Å²) in [5, 5.41) is 6.46. The third kappa shape index (κ3) is 3.41. The van der Waals surface area contributed by atoms with Gasteiger partial charge in [0.2, 0.25) is 5.76 Å². The normalized spacial score (nSPS) is 10.5. The first-order chi connectivity index (χ1) is 8.15. The molecule has 0 aliphatic heterocycles. The molecule has 1 amide bonds. The molecule has 0 aliphatic rings. The minimum absolute atomic E-state index is 0.221. The Morgan fingerprint density at radius 1 is 1.59 bits per heavy atom. The van der Waals surface area contributed by atoms with E-state index >= 15 is 0 Å². The highest BCUT2D eigenvalue weighted by Gasteiger charge is 2.10. The quantitative estimate of drug-likeness (QED) is 0.944. The van der Waals surface area contributed by atoms with Crippen LogP contribution in [0.3, 0.4) is 0 Å². The van der Waals surface area contributed by atoms with E-state index in [0.29, 0.717) is 12.2 Å². The molecular formula is C11H11BrN2O2S. The smallest absolute Gasteiger partial charge is 0.289 e. The van der Waals surface area contributed by atoms with E-state index in [4.69, 9.17) is 4.52 Å². The molecule has 0 spiro atoms. The molecule has 17 heavy (non-hydrogen) atoms.